The van der Waals surface area contributed by atoms with Crippen molar-refractivity contribution in [2.45, 2.75) is 32.4 Å². The van der Waals surface area contributed by atoms with Crippen LogP contribution in [0.3, 0.4) is 0 Å². The van der Waals surface area contributed by atoms with Gasteiger partial charge >= 0.3 is 0 Å². The van der Waals surface area contributed by atoms with Crippen LogP contribution in [0.25, 0.3) is 0 Å². The minimum atomic E-state index is -0.0368. The topological polar surface area (TPSA) is 19.0 Å². The average Bonchev–Trinajstić information content (AvgIpc) is 2.38. The first-order valence-corrected chi connectivity index (χ1v) is 10.1. The van der Waals surface area contributed by atoms with E-state index in [2.05, 4.69) is 41.1 Å². The van der Waals surface area contributed by atoms with E-state index in [0.717, 1.165) is 39.3 Å². The lowest BCUT2D eigenvalue weighted by Gasteiger charge is -2.43. The van der Waals surface area contributed by atoms with Crippen molar-refractivity contribution in [3.63, 3.8) is 0 Å². The molecule has 0 amide bonds. The van der Waals surface area contributed by atoms with Crippen molar-refractivity contribution >= 4 is 20.8 Å². The van der Waals surface area contributed by atoms with Crippen molar-refractivity contribution in [1.82, 2.24) is 14.1 Å². The minimum absolute atomic E-state index is 0.0368. The molecule has 0 saturated carbocycles. The molecule has 2 aliphatic heterocycles. The number of rotatable bonds is 3. The third kappa shape index (κ3) is 4.71. The Balaban J connectivity index is 1.76. The van der Waals surface area contributed by atoms with E-state index >= 15 is 0 Å². The molecule has 0 spiro atoms. The number of morpholine rings is 1. The third-order valence-electron chi connectivity index (χ3n) is 4.25. The highest BCUT2D eigenvalue weighted by Crippen LogP contribution is 2.17. The van der Waals surface area contributed by atoms with E-state index < -0.39 is 0 Å². The van der Waals surface area contributed by atoms with E-state index in [9.17, 15) is 0 Å². The number of ether oxygens (including phenoxy) is 1. The van der Waals surface area contributed by atoms with Crippen LogP contribution in [0.4, 0.5) is 0 Å². The van der Waals surface area contributed by atoms with Crippen LogP contribution in [-0.2, 0) is 25.6 Å². The molecular formula is C14H29N3OS2. The largest absolute Gasteiger partial charge is 0.374 e. The van der Waals surface area contributed by atoms with Gasteiger partial charge in [-0.3, -0.25) is 9.80 Å². The summed E-state index contributed by atoms with van der Waals surface area (Å²) in [6, 6.07) is 0. The van der Waals surface area contributed by atoms with Crippen molar-refractivity contribution < 1.29 is 4.74 Å². The van der Waals surface area contributed by atoms with Crippen molar-refractivity contribution in [3.8, 4) is 0 Å². The van der Waals surface area contributed by atoms with E-state index in [4.69, 9.17) is 15.9 Å². The van der Waals surface area contributed by atoms with Gasteiger partial charge in [-0.15, -0.1) is 0 Å². The van der Waals surface area contributed by atoms with Gasteiger partial charge in [0.15, 0.2) is 0 Å². The van der Waals surface area contributed by atoms with Crippen LogP contribution in [0.2, 0.25) is 0 Å². The maximum Gasteiger partial charge on any atom is 0.0838 e. The molecule has 20 heavy (non-hydrogen) atoms. The highest BCUT2D eigenvalue weighted by Gasteiger charge is 2.28. The maximum absolute atomic E-state index is 5.92. The lowest BCUT2D eigenvalue weighted by Crippen LogP contribution is -2.56. The molecule has 0 N–H and O–H groups in total. The van der Waals surface area contributed by atoms with Crippen molar-refractivity contribution in [2.75, 3.05) is 58.7 Å². The molecule has 1 unspecified atom stereocenters. The second-order valence-corrected chi connectivity index (χ2v) is 9.57. The van der Waals surface area contributed by atoms with E-state index in [1.807, 2.05) is 0 Å². The third-order valence-corrected chi connectivity index (χ3v) is 5.94. The monoisotopic (exact) mass is 319 g/mol. The van der Waals surface area contributed by atoms with Crippen LogP contribution < -0.4 is 0 Å². The van der Waals surface area contributed by atoms with Crippen molar-refractivity contribution in [2.24, 2.45) is 0 Å². The van der Waals surface area contributed by atoms with Crippen molar-refractivity contribution in [3.05, 3.63) is 0 Å². The Kier molecular flexibility index (Phi) is 5.97. The van der Waals surface area contributed by atoms with Gasteiger partial charge in [-0.1, -0.05) is 9.64 Å². The average molecular weight is 320 g/mol. The summed E-state index contributed by atoms with van der Waals surface area (Å²) in [5.41, 5.74) is 0.295. The van der Waals surface area contributed by atoms with Crippen LogP contribution in [0.5, 0.6) is 0 Å². The highest BCUT2D eigenvalue weighted by atomic mass is 32.8. The summed E-state index contributed by atoms with van der Waals surface area (Å²) in [4.78, 5) is 5.12. The fraction of sp³-hybridized carbons (Fsp3) is 1.00. The fourth-order valence-electron chi connectivity index (χ4n) is 2.93. The zero-order chi connectivity index (χ0) is 14.8. The Morgan fingerprint density at radius 1 is 1.15 bits per heavy atom. The molecule has 0 aliphatic carbocycles. The molecule has 2 saturated heterocycles. The first-order chi connectivity index (χ1) is 9.36. The smallest absolute Gasteiger partial charge is 0.0838 e. The summed E-state index contributed by atoms with van der Waals surface area (Å²) in [6.07, 6.45) is 2.46. The summed E-state index contributed by atoms with van der Waals surface area (Å²) in [5, 5.41) is 0. The molecule has 4 nitrogen and oxygen atoms in total. The molecule has 2 fully saturated rings. The Morgan fingerprint density at radius 3 is 2.35 bits per heavy atom. The Bertz CT molecular complexity index is 338. The predicted molar refractivity (Wildman–Crippen MR) is 89.7 cm³/mol. The van der Waals surface area contributed by atoms with Crippen molar-refractivity contribution in [1.29, 1.82) is 0 Å². The Morgan fingerprint density at radius 2 is 1.80 bits per heavy atom. The molecule has 0 aromatic heterocycles. The molecule has 0 bridgehead atoms. The minimum Gasteiger partial charge on any atom is -0.374 e. The summed E-state index contributed by atoms with van der Waals surface area (Å²) in [5.74, 6) is 0. The first kappa shape index (κ1) is 16.8. The lowest BCUT2D eigenvalue weighted by atomic mass is 10.0. The zero-order valence-corrected chi connectivity index (χ0v) is 14.9. The predicted octanol–water partition coefficient (Wildman–Crippen LogP) is 0.728. The lowest BCUT2D eigenvalue weighted by molar-refractivity contribution is -0.0301. The van der Waals surface area contributed by atoms with Crippen LogP contribution >= 0.6 is 0 Å². The van der Waals surface area contributed by atoms with E-state index in [1.54, 1.807) is 0 Å². The molecular weight excluding hydrogens is 290 g/mol. The summed E-state index contributed by atoms with van der Waals surface area (Å²) in [7, 11) is -0.0368. The molecule has 0 aromatic rings. The molecule has 6 heteroatoms. The summed E-state index contributed by atoms with van der Waals surface area (Å²) < 4.78 is 8.30. The van der Waals surface area contributed by atoms with Crippen LogP contribution in [0, 0.1) is 0 Å². The van der Waals surface area contributed by atoms with Crippen LogP contribution in [0.15, 0.2) is 0 Å². The number of piperazine rings is 1. The number of hydrogen-bond acceptors (Lipinski definition) is 4. The molecule has 2 rings (SSSR count). The van der Waals surface area contributed by atoms with Gasteiger partial charge in [0, 0.05) is 57.6 Å². The molecule has 2 aliphatic rings. The van der Waals surface area contributed by atoms with Gasteiger partial charge in [0.2, 0.25) is 0 Å². The van der Waals surface area contributed by atoms with Gasteiger partial charge < -0.3 is 4.74 Å². The molecule has 118 valence electrons. The fourth-order valence-corrected chi connectivity index (χ4v) is 4.04. The van der Waals surface area contributed by atoms with Gasteiger partial charge in [0.1, 0.15) is 0 Å². The van der Waals surface area contributed by atoms with Gasteiger partial charge in [0.25, 0.3) is 0 Å². The SMILES string of the molecule is CS(=S)N1CCO[C@@H](CN2CCN(C(C)(C)C)CC2)C1. The quantitative estimate of drug-likeness (QED) is 0.761. The normalized spacial score (nSPS) is 29.5. The summed E-state index contributed by atoms with van der Waals surface area (Å²) in [6.45, 7) is 15.4. The Hall–Kier alpha value is 0.410. The standard InChI is InChI=1S/C14H29N3OS2/c1-14(2,3)16-7-5-15(6-8-16)11-13-12-17(20(4)19)9-10-18-13/h13H,5-12H2,1-4H3/t13-,20?/m0/s1. The molecule has 0 radical (unpaired) electrons. The molecule has 2 heterocycles. The first-order valence-electron chi connectivity index (χ1n) is 7.54. The highest BCUT2D eigenvalue weighted by molar-refractivity contribution is 8.27. The molecule has 0 aromatic carbocycles. The van der Waals surface area contributed by atoms with E-state index in [-0.39, 0.29) is 9.64 Å². The number of hydrogen-bond donors (Lipinski definition) is 0. The number of nitrogens with zero attached hydrogens (tertiary/aromatic N) is 3. The molecule has 2 atom stereocenters. The second-order valence-electron chi connectivity index (χ2n) is 6.76. The van der Waals surface area contributed by atoms with Crippen LogP contribution in [0.1, 0.15) is 20.8 Å². The maximum atomic E-state index is 5.92. The summed E-state index contributed by atoms with van der Waals surface area (Å²) >= 11 is 5.39. The zero-order valence-electron chi connectivity index (χ0n) is 13.3. The van der Waals surface area contributed by atoms with E-state index in [0.29, 0.717) is 11.6 Å². The van der Waals surface area contributed by atoms with Gasteiger partial charge in [0.05, 0.1) is 12.7 Å². The van der Waals surface area contributed by atoms with Gasteiger partial charge in [-0.05, 0) is 32.0 Å². The second kappa shape index (κ2) is 7.11. The Labute approximate surface area is 131 Å². The van der Waals surface area contributed by atoms with E-state index in [1.165, 1.54) is 13.1 Å². The van der Waals surface area contributed by atoms with Crippen LogP contribution in [-0.4, -0.2) is 84.4 Å². The van der Waals surface area contributed by atoms with Gasteiger partial charge in [-0.2, -0.15) is 0 Å². The van der Waals surface area contributed by atoms with Gasteiger partial charge in [-0.25, -0.2) is 4.31 Å².